The quantitative estimate of drug-likeness (QED) is 0.809. The molecule has 0 atom stereocenters. The van der Waals surface area contributed by atoms with Crippen molar-refractivity contribution in [2.75, 3.05) is 18.4 Å². The first-order valence-corrected chi connectivity index (χ1v) is 9.29. The number of ketones is 1. The Morgan fingerprint density at radius 2 is 1.63 bits per heavy atom. The van der Waals surface area contributed by atoms with E-state index in [9.17, 15) is 14.4 Å². The molecule has 0 aliphatic carbocycles. The molecule has 0 saturated carbocycles. The Kier molecular flexibility index (Phi) is 5.91. The maximum absolute atomic E-state index is 12.6. The van der Waals surface area contributed by atoms with Gasteiger partial charge in [-0.05, 0) is 56.2 Å². The number of likely N-dealkylation sites (tertiary alicyclic amines) is 1. The molecule has 0 bridgehead atoms. The number of carbonyl (C=O) groups is 3. The van der Waals surface area contributed by atoms with Crippen molar-refractivity contribution < 1.29 is 14.4 Å². The van der Waals surface area contributed by atoms with Gasteiger partial charge in [-0.2, -0.15) is 0 Å². The predicted molar refractivity (Wildman–Crippen MR) is 105 cm³/mol. The van der Waals surface area contributed by atoms with Crippen molar-refractivity contribution >= 4 is 34.9 Å². The molecular formula is C21H21ClN2O3. The molecule has 1 saturated heterocycles. The van der Waals surface area contributed by atoms with Gasteiger partial charge in [-0.3, -0.25) is 14.4 Å². The Bertz CT molecular complexity index is 856. The van der Waals surface area contributed by atoms with Crippen LogP contribution in [0.15, 0.2) is 48.5 Å². The first kappa shape index (κ1) is 19.1. The molecule has 1 N–H and O–H groups in total. The zero-order valence-corrected chi connectivity index (χ0v) is 15.8. The summed E-state index contributed by atoms with van der Waals surface area (Å²) < 4.78 is 0. The number of para-hydroxylation sites is 1. The summed E-state index contributed by atoms with van der Waals surface area (Å²) in [5.41, 5.74) is 1.63. The molecule has 2 amide bonds. The molecule has 2 aromatic rings. The first-order chi connectivity index (χ1) is 13.0. The highest BCUT2D eigenvalue weighted by Gasteiger charge is 2.28. The van der Waals surface area contributed by atoms with Crippen molar-refractivity contribution in [2.24, 2.45) is 5.92 Å². The summed E-state index contributed by atoms with van der Waals surface area (Å²) in [6, 6.07) is 13.8. The molecule has 3 rings (SSSR count). The lowest BCUT2D eigenvalue weighted by Gasteiger charge is -2.31. The monoisotopic (exact) mass is 384 g/mol. The number of rotatable bonds is 4. The van der Waals surface area contributed by atoms with E-state index in [0.29, 0.717) is 47.8 Å². The maximum Gasteiger partial charge on any atom is 0.253 e. The van der Waals surface area contributed by atoms with Crippen LogP contribution in [0.3, 0.4) is 0 Å². The standard InChI is InChI=1S/C21H21ClN2O3/c1-14(25)18-4-2-3-5-19(18)23-20(26)15-10-12-24(13-11-15)21(27)16-6-8-17(22)9-7-16/h2-9,15H,10-13H2,1H3,(H,23,26). The lowest BCUT2D eigenvalue weighted by atomic mass is 9.95. The number of amides is 2. The highest BCUT2D eigenvalue weighted by atomic mass is 35.5. The summed E-state index contributed by atoms with van der Waals surface area (Å²) in [6.07, 6.45) is 1.18. The molecular weight excluding hydrogens is 364 g/mol. The van der Waals surface area contributed by atoms with Crippen molar-refractivity contribution in [3.05, 3.63) is 64.7 Å². The van der Waals surface area contributed by atoms with Crippen LogP contribution >= 0.6 is 11.6 Å². The van der Waals surface area contributed by atoms with E-state index in [4.69, 9.17) is 11.6 Å². The van der Waals surface area contributed by atoms with Crippen LogP contribution in [0, 0.1) is 5.92 Å². The fourth-order valence-corrected chi connectivity index (χ4v) is 3.38. The Morgan fingerprint density at radius 1 is 1.00 bits per heavy atom. The van der Waals surface area contributed by atoms with Gasteiger partial charge in [0.2, 0.25) is 5.91 Å². The number of anilines is 1. The van der Waals surface area contributed by atoms with Crippen molar-refractivity contribution in [3.8, 4) is 0 Å². The molecule has 1 aliphatic rings. The van der Waals surface area contributed by atoms with Crippen molar-refractivity contribution in [2.45, 2.75) is 19.8 Å². The number of halogens is 1. The topological polar surface area (TPSA) is 66.5 Å². The fourth-order valence-electron chi connectivity index (χ4n) is 3.25. The number of benzene rings is 2. The number of Topliss-reactive ketones (excluding diaryl/α,β-unsaturated/α-hetero) is 1. The van der Waals surface area contributed by atoms with Gasteiger partial charge < -0.3 is 10.2 Å². The second-order valence-electron chi connectivity index (χ2n) is 6.66. The highest BCUT2D eigenvalue weighted by molar-refractivity contribution is 6.30. The third-order valence-electron chi connectivity index (χ3n) is 4.81. The van der Waals surface area contributed by atoms with Gasteiger partial charge in [-0.15, -0.1) is 0 Å². The molecule has 0 radical (unpaired) electrons. The maximum atomic E-state index is 12.6. The van der Waals surface area contributed by atoms with Crippen LogP contribution in [0.5, 0.6) is 0 Å². The number of hydrogen-bond acceptors (Lipinski definition) is 3. The molecule has 0 aromatic heterocycles. The molecule has 0 unspecified atom stereocenters. The molecule has 1 aliphatic heterocycles. The zero-order valence-electron chi connectivity index (χ0n) is 15.1. The minimum atomic E-state index is -0.181. The summed E-state index contributed by atoms with van der Waals surface area (Å²) >= 11 is 5.86. The van der Waals surface area contributed by atoms with Gasteiger partial charge in [0, 0.05) is 35.2 Å². The average Bonchev–Trinajstić information content (AvgIpc) is 2.68. The molecule has 1 fully saturated rings. The Hall–Kier alpha value is -2.66. The van der Waals surface area contributed by atoms with Crippen LogP contribution in [0.1, 0.15) is 40.5 Å². The number of piperidine rings is 1. The molecule has 5 nitrogen and oxygen atoms in total. The highest BCUT2D eigenvalue weighted by Crippen LogP contribution is 2.23. The predicted octanol–water partition coefficient (Wildman–Crippen LogP) is 4.03. The number of nitrogens with zero attached hydrogens (tertiary/aromatic N) is 1. The number of carbonyl (C=O) groups excluding carboxylic acids is 3. The van der Waals surface area contributed by atoms with Crippen LogP contribution < -0.4 is 5.32 Å². The zero-order chi connectivity index (χ0) is 19.4. The van der Waals surface area contributed by atoms with Crippen LogP contribution in [0.2, 0.25) is 5.02 Å². The summed E-state index contributed by atoms with van der Waals surface area (Å²) in [5, 5.41) is 3.46. The van der Waals surface area contributed by atoms with Gasteiger partial charge in [0.05, 0.1) is 5.69 Å². The Morgan fingerprint density at radius 3 is 2.26 bits per heavy atom. The summed E-state index contributed by atoms with van der Waals surface area (Å²) in [6.45, 7) is 2.52. The average molecular weight is 385 g/mol. The normalized spacial score (nSPS) is 14.7. The molecule has 1 heterocycles. The van der Waals surface area contributed by atoms with Crippen LogP contribution in [0.4, 0.5) is 5.69 Å². The van der Waals surface area contributed by atoms with Gasteiger partial charge in [0.15, 0.2) is 5.78 Å². The first-order valence-electron chi connectivity index (χ1n) is 8.91. The van der Waals surface area contributed by atoms with Gasteiger partial charge >= 0.3 is 0 Å². The number of nitrogens with one attached hydrogen (secondary N) is 1. The lowest BCUT2D eigenvalue weighted by molar-refractivity contribution is -0.121. The van der Waals surface area contributed by atoms with Gasteiger partial charge in [-0.25, -0.2) is 0 Å². The van der Waals surface area contributed by atoms with Crippen molar-refractivity contribution in [1.29, 1.82) is 0 Å². The van der Waals surface area contributed by atoms with Crippen LogP contribution in [0.25, 0.3) is 0 Å². The van der Waals surface area contributed by atoms with E-state index < -0.39 is 0 Å². The van der Waals surface area contributed by atoms with Crippen LogP contribution in [-0.2, 0) is 4.79 Å². The molecule has 6 heteroatoms. The summed E-state index contributed by atoms with van der Waals surface area (Å²) in [4.78, 5) is 38.6. The van der Waals surface area contributed by atoms with E-state index in [1.165, 1.54) is 6.92 Å². The van der Waals surface area contributed by atoms with E-state index in [2.05, 4.69) is 5.32 Å². The minimum Gasteiger partial charge on any atom is -0.339 e. The molecule has 27 heavy (non-hydrogen) atoms. The van der Waals surface area contributed by atoms with Gasteiger partial charge in [0.1, 0.15) is 0 Å². The van der Waals surface area contributed by atoms with Crippen molar-refractivity contribution in [3.63, 3.8) is 0 Å². The number of hydrogen-bond donors (Lipinski definition) is 1. The van der Waals surface area contributed by atoms with E-state index >= 15 is 0 Å². The molecule has 0 spiro atoms. The van der Waals surface area contributed by atoms with E-state index in [-0.39, 0.29) is 23.5 Å². The fraction of sp³-hybridized carbons (Fsp3) is 0.286. The molecule has 2 aromatic carbocycles. The molecule has 140 valence electrons. The van der Waals surface area contributed by atoms with Crippen LogP contribution in [-0.4, -0.2) is 35.6 Å². The Balaban J connectivity index is 1.59. The lowest BCUT2D eigenvalue weighted by Crippen LogP contribution is -2.41. The Labute approximate surface area is 163 Å². The third-order valence-corrected chi connectivity index (χ3v) is 5.06. The van der Waals surface area contributed by atoms with E-state index in [1.54, 1.807) is 53.4 Å². The van der Waals surface area contributed by atoms with Gasteiger partial charge in [0.25, 0.3) is 5.91 Å². The third kappa shape index (κ3) is 4.55. The largest absolute Gasteiger partial charge is 0.339 e. The van der Waals surface area contributed by atoms with Gasteiger partial charge in [-0.1, -0.05) is 23.7 Å². The second-order valence-corrected chi connectivity index (χ2v) is 7.10. The summed E-state index contributed by atoms with van der Waals surface area (Å²) in [5.74, 6) is -0.427. The van der Waals surface area contributed by atoms with E-state index in [0.717, 1.165) is 0 Å². The van der Waals surface area contributed by atoms with E-state index in [1.807, 2.05) is 0 Å². The SMILES string of the molecule is CC(=O)c1ccccc1NC(=O)C1CCN(C(=O)c2ccc(Cl)cc2)CC1. The summed E-state index contributed by atoms with van der Waals surface area (Å²) in [7, 11) is 0. The second kappa shape index (κ2) is 8.35. The smallest absolute Gasteiger partial charge is 0.253 e. The minimum absolute atomic E-state index is 0.0487. The van der Waals surface area contributed by atoms with Crippen molar-refractivity contribution in [1.82, 2.24) is 4.90 Å².